The fraction of sp³-hybridized carbons (Fsp3) is 0.273. The van der Waals surface area contributed by atoms with Crippen molar-refractivity contribution >= 4 is 11.9 Å². The summed E-state index contributed by atoms with van der Waals surface area (Å²) in [5.41, 5.74) is 0.440. The van der Waals surface area contributed by atoms with E-state index in [1.54, 1.807) is 12.1 Å². The van der Waals surface area contributed by atoms with Crippen molar-refractivity contribution in [2.24, 2.45) is 0 Å². The van der Waals surface area contributed by atoms with Crippen LogP contribution in [0, 0.1) is 0 Å². The molecule has 0 aromatic heterocycles. The number of rotatable bonds is 4. The summed E-state index contributed by atoms with van der Waals surface area (Å²) in [5.74, 6) is -1.73. The maximum Gasteiger partial charge on any atom is 0.338 e. The van der Waals surface area contributed by atoms with Gasteiger partial charge in [0.05, 0.1) is 25.2 Å². The lowest BCUT2D eigenvalue weighted by Gasteiger charge is -2.12. The fourth-order valence-electron chi connectivity index (χ4n) is 1.36. The SMILES string of the molecule is COC(=O)c1ccccc1[C@H](O)CC(=O)O. The van der Waals surface area contributed by atoms with Crippen LogP contribution in [0.2, 0.25) is 0 Å². The number of esters is 1. The number of carboxylic acids is 1. The Hall–Kier alpha value is -1.88. The molecule has 0 spiro atoms. The lowest BCUT2D eigenvalue weighted by molar-refractivity contribution is -0.139. The van der Waals surface area contributed by atoms with E-state index in [1.165, 1.54) is 19.2 Å². The highest BCUT2D eigenvalue weighted by Crippen LogP contribution is 2.21. The molecule has 0 radical (unpaired) electrons. The number of aliphatic hydroxyl groups is 1. The summed E-state index contributed by atoms with van der Waals surface area (Å²) < 4.78 is 4.53. The topological polar surface area (TPSA) is 83.8 Å². The van der Waals surface area contributed by atoms with Crippen LogP contribution in [-0.4, -0.2) is 29.3 Å². The second kappa shape index (κ2) is 5.27. The van der Waals surface area contributed by atoms with Gasteiger partial charge >= 0.3 is 11.9 Å². The highest BCUT2D eigenvalue weighted by molar-refractivity contribution is 5.91. The molecule has 2 N–H and O–H groups in total. The number of carbonyl (C=O) groups excluding carboxylic acids is 1. The molecule has 0 heterocycles. The molecular weight excluding hydrogens is 212 g/mol. The molecule has 0 aliphatic carbocycles. The van der Waals surface area contributed by atoms with E-state index in [0.29, 0.717) is 0 Å². The average molecular weight is 224 g/mol. The smallest absolute Gasteiger partial charge is 0.338 e. The zero-order valence-corrected chi connectivity index (χ0v) is 8.71. The van der Waals surface area contributed by atoms with Crippen molar-refractivity contribution in [2.45, 2.75) is 12.5 Å². The van der Waals surface area contributed by atoms with E-state index < -0.39 is 24.5 Å². The lowest BCUT2D eigenvalue weighted by atomic mass is 10.0. The molecule has 1 rings (SSSR count). The first-order valence-corrected chi connectivity index (χ1v) is 4.63. The summed E-state index contributed by atoms with van der Waals surface area (Å²) in [7, 11) is 1.22. The molecule has 0 bridgehead atoms. The molecule has 86 valence electrons. The quantitative estimate of drug-likeness (QED) is 0.745. The molecule has 1 aromatic carbocycles. The van der Waals surface area contributed by atoms with Crippen LogP contribution in [0.25, 0.3) is 0 Å². The van der Waals surface area contributed by atoms with Crippen LogP contribution < -0.4 is 0 Å². The Kier molecular flexibility index (Phi) is 4.02. The van der Waals surface area contributed by atoms with Gasteiger partial charge in [0.15, 0.2) is 0 Å². The highest BCUT2D eigenvalue weighted by Gasteiger charge is 2.19. The number of carbonyl (C=O) groups is 2. The zero-order valence-electron chi connectivity index (χ0n) is 8.71. The third kappa shape index (κ3) is 2.80. The molecular formula is C11H12O5. The Labute approximate surface area is 92.3 Å². The van der Waals surface area contributed by atoms with Crippen molar-refractivity contribution in [3.05, 3.63) is 35.4 Å². The summed E-state index contributed by atoms with van der Waals surface area (Å²) in [5, 5.41) is 18.2. The molecule has 16 heavy (non-hydrogen) atoms. The zero-order chi connectivity index (χ0) is 12.1. The summed E-state index contributed by atoms with van der Waals surface area (Å²) in [6, 6.07) is 6.21. The third-order valence-corrected chi connectivity index (χ3v) is 2.09. The van der Waals surface area contributed by atoms with Gasteiger partial charge in [0.1, 0.15) is 0 Å². The van der Waals surface area contributed by atoms with Crippen LogP contribution >= 0.6 is 0 Å². The third-order valence-electron chi connectivity index (χ3n) is 2.09. The van der Waals surface area contributed by atoms with Gasteiger partial charge in [-0.1, -0.05) is 18.2 Å². The van der Waals surface area contributed by atoms with Crippen LogP contribution in [-0.2, 0) is 9.53 Å². The number of aliphatic hydroxyl groups excluding tert-OH is 1. The van der Waals surface area contributed by atoms with Gasteiger partial charge in [-0.05, 0) is 11.6 Å². The second-order valence-electron chi connectivity index (χ2n) is 3.19. The van der Waals surface area contributed by atoms with Crippen LogP contribution in [0.3, 0.4) is 0 Å². The molecule has 0 unspecified atom stereocenters. The molecule has 0 amide bonds. The highest BCUT2D eigenvalue weighted by atomic mass is 16.5. The van der Waals surface area contributed by atoms with E-state index in [0.717, 1.165) is 0 Å². The van der Waals surface area contributed by atoms with Crippen LogP contribution in [0.15, 0.2) is 24.3 Å². The summed E-state index contributed by atoms with van der Waals surface area (Å²) in [4.78, 5) is 21.8. The molecule has 0 aliphatic rings. The van der Waals surface area contributed by atoms with Gasteiger partial charge < -0.3 is 14.9 Å². The van der Waals surface area contributed by atoms with E-state index in [9.17, 15) is 14.7 Å². The molecule has 1 atom stereocenters. The Morgan fingerprint density at radius 3 is 2.56 bits per heavy atom. The van der Waals surface area contributed by atoms with Crippen molar-refractivity contribution in [3.63, 3.8) is 0 Å². The molecule has 0 aliphatic heterocycles. The summed E-state index contributed by atoms with van der Waals surface area (Å²) in [6.45, 7) is 0. The van der Waals surface area contributed by atoms with Crippen LogP contribution in [0.5, 0.6) is 0 Å². The van der Waals surface area contributed by atoms with Gasteiger partial charge in [-0.3, -0.25) is 4.79 Å². The number of carboxylic acid groups (broad SMARTS) is 1. The van der Waals surface area contributed by atoms with Gasteiger partial charge in [-0.25, -0.2) is 4.79 Å². The van der Waals surface area contributed by atoms with Gasteiger partial charge in [-0.2, -0.15) is 0 Å². The first kappa shape index (κ1) is 12.2. The minimum atomic E-state index is -1.22. The van der Waals surface area contributed by atoms with Gasteiger partial charge in [0.25, 0.3) is 0 Å². The number of ether oxygens (including phenoxy) is 1. The van der Waals surface area contributed by atoms with Gasteiger partial charge in [0.2, 0.25) is 0 Å². The van der Waals surface area contributed by atoms with E-state index in [4.69, 9.17) is 5.11 Å². The van der Waals surface area contributed by atoms with E-state index in [1.807, 2.05) is 0 Å². The monoisotopic (exact) mass is 224 g/mol. The second-order valence-corrected chi connectivity index (χ2v) is 3.19. The van der Waals surface area contributed by atoms with E-state index >= 15 is 0 Å². The number of hydrogen-bond donors (Lipinski definition) is 2. The predicted octanol–water partition coefficient (Wildman–Crippen LogP) is 0.981. The Morgan fingerprint density at radius 2 is 2.00 bits per heavy atom. The summed E-state index contributed by atoms with van der Waals surface area (Å²) >= 11 is 0. The minimum absolute atomic E-state index is 0.179. The number of methoxy groups -OCH3 is 1. The number of aliphatic carboxylic acids is 1. The molecule has 5 nitrogen and oxygen atoms in total. The molecule has 1 aromatic rings. The molecule has 0 fully saturated rings. The minimum Gasteiger partial charge on any atom is -0.481 e. The molecule has 0 saturated carbocycles. The normalized spacial score (nSPS) is 11.9. The van der Waals surface area contributed by atoms with Crippen molar-refractivity contribution in [3.8, 4) is 0 Å². The predicted molar refractivity (Wildman–Crippen MR) is 55.0 cm³/mol. The largest absolute Gasteiger partial charge is 0.481 e. The Bertz CT molecular complexity index is 399. The standard InChI is InChI=1S/C11H12O5/c1-16-11(15)8-5-3-2-4-7(8)9(12)6-10(13)14/h2-5,9,12H,6H2,1H3,(H,13,14)/t9-/m1/s1. The maximum atomic E-state index is 11.3. The van der Waals surface area contributed by atoms with Crippen molar-refractivity contribution in [1.82, 2.24) is 0 Å². The van der Waals surface area contributed by atoms with Gasteiger partial charge in [-0.15, -0.1) is 0 Å². The number of benzene rings is 1. The van der Waals surface area contributed by atoms with Crippen LogP contribution in [0.1, 0.15) is 28.4 Å². The molecule has 0 saturated heterocycles. The maximum absolute atomic E-state index is 11.3. The van der Waals surface area contributed by atoms with Crippen molar-refractivity contribution < 1.29 is 24.5 Å². The first-order valence-electron chi connectivity index (χ1n) is 4.63. The van der Waals surface area contributed by atoms with Crippen molar-refractivity contribution in [1.29, 1.82) is 0 Å². The van der Waals surface area contributed by atoms with Crippen molar-refractivity contribution in [2.75, 3.05) is 7.11 Å². The molecule has 5 heteroatoms. The fourth-order valence-corrected chi connectivity index (χ4v) is 1.36. The average Bonchev–Trinajstić information content (AvgIpc) is 2.27. The Morgan fingerprint density at radius 1 is 1.38 bits per heavy atom. The Balaban J connectivity index is 3.03. The van der Waals surface area contributed by atoms with E-state index in [-0.39, 0.29) is 11.1 Å². The lowest BCUT2D eigenvalue weighted by Crippen LogP contribution is -2.11. The first-order chi connectivity index (χ1) is 7.56. The van der Waals surface area contributed by atoms with Crippen LogP contribution in [0.4, 0.5) is 0 Å². The van der Waals surface area contributed by atoms with E-state index in [2.05, 4.69) is 4.74 Å². The summed E-state index contributed by atoms with van der Waals surface area (Å²) in [6.07, 6.45) is -1.67. The van der Waals surface area contributed by atoms with Gasteiger partial charge in [0, 0.05) is 0 Å². The number of hydrogen-bond acceptors (Lipinski definition) is 4.